The zero-order valence-corrected chi connectivity index (χ0v) is 15.5. The molecule has 1 aliphatic carbocycles. The number of ether oxygens (including phenoxy) is 1. The zero-order valence-electron chi connectivity index (χ0n) is 15.5. The van der Waals surface area contributed by atoms with Crippen molar-refractivity contribution in [2.75, 3.05) is 13.2 Å². The largest absolute Gasteiger partial charge is 0.492 e. The van der Waals surface area contributed by atoms with Gasteiger partial charge in [-0.15, -0.1) is 0 Å². The van der Waals surface area contributed by atoms with E-state index in [1.54, 1.807) is 0 Å². The molecule has 1 N–H and O–H groups in total. The number of fused-ring (bicyclic) bond motifs is 2. The summed E-state index contributed by atoms with van der Waals surface area (Å²) in [5.41, 5.74) is 2.34. The molecular formula is C22H24N2O3. The van der Waals surface area contributed by atoms with Crippen molar-refractivity contribution in [3.05, 3.63) is 65.2 Å². The second-order valence-corrected chi connectivity index (χ2v) is 7.32. The molecule has 0 aromatic heterocycles. The number of nitrogens with zero attached hydrogens (tertiary/aromatic N) is 1. The van der Waals surface area contributed by atoms with Gasteiger partial charge in [0.25, 0.3) is 5.91 Å². The molecule has 1 heterocycles. The minimum Gasteiger partial charge on any atom is -0.492 e. The monoisotopic (exact) mass is 364 g/mol. The Kier molecular flexibility index (Phi) is 4.60. The molecule has 5 heteroatoms. The average Bonchev–Trinajstić information content (AvgIpc) is 2.82. The Morgan fingerprint density at radius 1 is 1.07 bits per heavy atom. The highest BCUT2D eigenvalue weighted by atomic mass is 16.5. The third kappa shape index (κ3) is 3.18. The van der Waals surface area contributed by atoms with Gasteiger partial charge in [-0.3, -0.25) is 9.69 Å². The molecular weight excluding hydrogens is 340 g/mol. The Balaban J connectivity index is 1.51. The van der Waals surface area contributed by atoms with Crippen LogP contribution in [0.4, 0.5) is 4.79 Å². The van der Waals surface area contributed by atoms with Crippen molar-refractivity contribution in [3.63, 3.8) is 0 Å². The fraction of sp³-hybridized carbons (Fsp3) is 0.364. The van der Waals surface area contributed by atoms with Gasteiger partial charge in [0.15, 0.2) is 0 Å². The van der Waals surface area contributed by atoms with E-state index in [1.807, 2.05) is 49.4 Å². The highest BCUT2D eigenvalue weighted by Gasteiger charge is 2.53. The van der Waals surface area contributed by atoms with Crippen LogP contribution in [-0.4, -0.2) is 30.0 Å². The maximum absolute atomic E-state index is 13.3. The number of hydrogen-bond donors (Lipinski definition) is 1. The highest BCUT2D eigenvalue weighted by molar-refractivity contribution is 6.07. The summed E-state index contributed by atoms with van der Waals surface area (Å²) in [7, 11) is 0. The lowest BCUT2D eigenvalue weighted by Crippen LogP contribution is -2.44. The van der Waals surface area contributed by atoms with Crippen LogP contribution in [0.2, 0.25) is 0 Å². The molecule has 1 saturated heterocycles. The smallest absolute Gasteiger partial charge is 0.325 e. The summed E-state index contributed by atoms with van der Waals surface area (Å²) in [6.45, 7) is 2.53. The summed E-state index contributed by atoms with van der Waals surface area (Å²) in [5, 5.41) is 3.00. The first-order chi connectivity index (χ1) is 13.1. The lowest BCUT2D eigenvalue weighted by molar-refractivity contribution is -0.132. The topological polar surface area (TPSA) is 58.6 Å². The van der Waals surface area contributed by atoms with Gasteiger partial charge in [0, 0.05) is 0 Å². The number of rotatable bonds is 4. The van der Waals surface area contributed by atoms with Crippen LogP contribution in [0.5, 0.6) is 5.75 Å². The Morgan fingerprint density at radius 2 is 1.85 bits per heavy atom. The molecule has 5 nitrogen and oxygen atoms in total. The second kappa shape index (κ2) is 7.06. The Labute approximate surface area is 159 Å². The van der Waals surface area contributed by atoms with Crippen LogP contribution < -0.4 is 10.1 Å². The summed E-state index contributed by atoms with van der Waals surface area (Å²) < 4.78 is 5.72. The summed E-state index contributed by atoms with van der Waals surface area (Å²) in [4.78, 5) is 27.2. The van der Waals surface area contributed by atoms with Gasteiger partial charge in [-0.25, -0.2) is 4.79 Å². The van der Waals surface area contributed by atoms with E-state index in [9.17, 15) is 9.59 Å². The van der Waals surface area contributed by atoms with Crippen molar-refractivity contribution in [3.8, 4) is 5.75 Å². The first kappa shape index (κ1) is 17.6. The number of urea groups is 1. The molecule has 3 amide bonds. The number of imide groups is 1. The van der Waals surface area contributed by atoms with E-state index in [-0.39, 0.29) is 25.1 Å². The van der Waals surface area contributed by atoms with Crippen LogP contribution in [0.25, 0.3) is 0 Å². The van der Waals surface area contributed by atoms with Gasteiger partial charge in [-0.2, -0.15) is 0 Å². The second-order valence-electron chi connectivity index (χ2n) is 7.32. The molecule has 0 unspecified atom stereocenters. The molecule has 140 valence electrons. The van der Waals surface area contributed by atoms with Crippen LogP contribution in [0, 0.1) is 6.92 Å². The Morgan fingerprint density at radius 3 is 2.67 bits per heavy atom. The molecule has 27 heavy (non-hydrogen) atoms. The molecule has 0 radical (unpaired) electrons. The van der Waals surface area contributed by atoms with Crippen LogP contribution in [-0.2, 0) is 16.8 Å². The maximum Gasteiger partial charge on any atom is 0.325 e. The Hall–Kier alpha value is -2.82. The standard InChI is InChI=1S/C22H24N2O3/c1-16-9-11-18(12-10-16)27-15-14-24-20(25)22(23-21(24)26)13-5-4-7-17-6-2-3-8-19(17)22/h2-3,6,8-12H,4-5,7,13-15H2,1H3,(H,23,26)/t22-/m1/s1. The number of carbonyl (C=O) groups is 2. The predicted molar refractivity (Wildman–Crippen MR) is 103 cm³/mol. The molecule has 1 atom stereocenters. The van der Waals surface area contributed by atoms with E-state index in [0.29, 0.717) is 6.42 Å². The quantitative estimate of drug-likeness (QED) is 0.844. The summed E-state index contributed by atoms with van der Waals surface area (Å²) in [6, 6.07) is 15.4. The number of aryl methyl sites for hydroxylation is 2. The van der Waals surface area contributed by atoms with Crippen LogP contribution in [0.3, 0.4) is 0 Å². The van der Waals surface area contributed by atoms with Crippen LogP contribution in [0.1, 0.15) is 36.0 Å². The molecule has 2 aromatic carbocycles. The van der Waals surface area contributed by atoms with E-state index in [1.165, 1.54) is 4.90 Å². The SMILES string of the molecule is Cc1ccc(OCCN2C(=O)N[C@@]3(CCCCc4ccccc43)C2=O)cc1. The number of nitrogens with one attached hydrogen (secondary N) is 1. The normalized spacial score (nSPS) is 21.7. The van der Waals surface area contributed by atoms with Crippen LogP contribution >= 0.6 is 0 Å². The molecule has 2 aliphatic rings. The lowest BCUT2D eigenvalue weighted by atomic mass is 9.84. The fourth-order valence-corrected chi connectivity index (χ4v) is 4.07. The molecule has 2 aromatic rings. The van der Waals surface area contributed by atoms with Crippen molar-refractivity contribution in [1.29, 1.82) is 0 Å². The minimum atomic E-state index is -0.923. The minimum absolute atomic E-state index is 0.158. The Bertz CT molecular complexity index is 862. The number of amides is 3. The summed E-state index contributed by atoms with van der Waals surface area (Å²) >= 11 is 0. The molecule has 0 saturated carbocycles. The van der Waals surface area contributed by atoms with Gasteiger partial charge in [0.05, 0.1) is 6.54 Å². The molecule has 1 fully saturated rings. The molecule has 1 aliphatic heterocycles. The lowest BCUT2D eigenvalue weighted by Gasteiger charge is -2.27. The first-order valence-corrected chi connectivity index (χ1v) is 9.52. The zero-order chi connectivity index (χ0) is 18.9. The number of carbonyl (C=O) groups excluding carboxylic acids is 2. The van der Waals surface area contributed by atoms with Crippen molar-refractivity contribution in [1.82, 2.24) is 10.2 Å². The van der Waals surface area contributed by atoms with E-state index >= 15 is 0 Å². The van der Waals surface area contributed by atoms with Crippen molar-refractivity contribution in [2.24, 2.45) is 0 Å². The van der Waals surface area contributed by atoms with Gasteiger partial charge < -0.3 is 10.1 Å². The van der Waals surface area contributed by atoms with Gasteiger partial charge in [-0.05, 0) is 55.9 Å². The van der Waals surface area contributed by atoms with E-state index in [2.05, 4.69) is 11.4 Å². The predicted octanol–water partition coefficient (Wildman–Crippen LogP) is 3.55. The van der Waals surface area contributed by atoms with Crippen molar-refractivity contribution in [2.45, 2.75) is 38.1 Å². The summed E-state index contributed by atoms with van der Waals surface area (Å²) in [6.07, 6.45) is 3.52. The maximum atomic E-state index is 13.3. The number of hydrogen-bond acceptors (Lipinski definition) is 3. The van der Waals surface area contributed by atoms with E-state index < -0.39 is 5.54 Å². The fourth-order valence-electron chi connectivity index (χ4n) is 4.07. The molecule has 1 spiro atoms. The molecule has 4 rings (SSSR count). The van der Waals surface area contributed by atoms with E-state index in [0.717, 1.165) is 41.7 Å². The van der Waals surface area contributed by atoms with Gasteiger partial charge in [-0.1, -0.05) is 42.0 Å². The van der Waals surface area contributed by atoms with Crippen molar-refractivity contribution < 1.29 is 14.3 Å². The molecule has 0 bridgehead atoms. The van der Waals surface area contributed by atoms with Gasteiger partial charge in [0.1, 0.15) is 17.9 Å². The van der Waals surface area contributed by atoms with Crippen molar-refractivity contribution >= 4 is 11.9 Å². The highest BCUT2D eigenvalue weighted by Crippen LogP contribution is 2.38. The van der Waals surface area contributed by atoms with Gasteiger partial charge in [0.2, 0.25) is 0 Å². The van der Waals surface area contributed by atoms with E-state index in [4.69, 9.17) is 4.74 Å². The average molecular weight is 364 g/mol. The number of benzene rings is 2. The third-order valence-corrected chi connectivity index (χ3v) is 5.51. The summed E-state index contributed by atoms with van der Waals surface area (Å²) in [5.74, 6) is 0.580. The third-order valence-electron chi connectivity index (χ3n) is 5.51. The first-order valence-electron chi connectivity index (χ1n) is 9.52. The van der Waals surface area contributed by atoms with Gasteiger partial charge >= 0.3 is 6.03 Å². The van der Waals surface area contributed by atoms with Crippen LogP contribution in [0.15, 0.2) is 48.5 Å².